The Balaban J connectivity index is 1.49. The van der Waals surface area contributed by atoms with Crippen LogP contribution in [0, 0.1) is 17.3 Å². The van der Waals surface area contributed by atoms with Crippen molar-refractivity contribution in [1.29, 1.82) is 0 Å². The summed E-state index contributed by atoms with van der Waals surface area (Å²) in [4.78, 5) is 12.3. The van der Waals surface area contributed by atoms with Gasteiger partial charge in [-0.2, -0.15) is 0 Å². The molecule has 0 aromatic carbocycles. The third kappa shape index (κ3) is 2.67. The van der Waals surface area contributed by atoms with Crippen molar-refractivity contribution in [2.45, 2.75) is 71.0 Å². The highest BCUT2D eigenvalue weighted by Gasteiger charge is 2.49. The molecule has 2 aliphatic carbocycles. The van der Waals surface area contributed by atoms with Crippen LogP contribution in [-0.2, 0) is 14.3 Å². The highest BCUT2D eigenvalue weighted by atomic mass is 16.6. The molecule has 2 saturated carbocycles. The summed E-state index contributed by atoms with van der Waals surface area (Å²) in [5, 5.41) is 0. The van der Waals surface area contributed by atoms with Crippen LogP contribution in [0.3, 0.4) is 0 Å². The van der Waals surface area contributed by atoms with Gasteiger partial charge in [-0.15, -0.1) is 0 Å². The lowest BCUT2D eigenvalue weighted by Gasteiger charge is -2.32. The minimum absolute atomic E-state index is 0.0400. The molecule has 0 amide bonds. The first-order valence-corrected chi connectivity index (χ1v) is 7.93. The molecular formula is C16H26O3. The van der Waals surface area contributed by atoms with E-state index in [1.54, 1.807) is 0 Å². The molecule has 1 saturated heterocycles. The Morgan fingerprint density at radius 1 is 1.26 bits per heavy atom. The van der Waals surface area contributed by atoms with E-state index < -0.39 is 0 Å². The number of ether oxygens (including phenoxy) is 2. The summed E-state index contributed by atoms with van der Waals surface area (Å²) in [6.07, 6.45) is 8.86. The van der Waals surface area contributed by atoms with Crippen molar-refractivity contribution in [3.63, 3.8) is 0 Å². The average Bonchev–Trinajstić information content (AvgIpc) is 3.19. The van der Waals surface area contributed by atoms with Crippen LogP contribution in [-0.4, -0.2) is 24.8 Å². The van der Waals surface area contributed by atoms with Crippen LogP contribution in [0.15, 0.2) is 0 Å². The SMILES string of the molecule is CC1C(COC(=O)C2(C)CCCCC2)CCC2OC21. The van der Waals surface area contributed by atoms with Crippen molar-refractivity contribution in [2.24, 2.45) is 17.3 Å². The summed E-state index contributed by atoms with van der Waals surface area (Å²) in [5.41, 5.74) is -0.214. The van der Waals surface area contributed by atoms with E-state index in [4.69, 9.17) is 9.47 Å². The molecule has 3 heteroatoms. The van der Waals surface area contributed by atoms with E-state index in [2.05, 4.69) is 13.8 Å². The van der Waals surface area contributed by atoms with Gasteiger partial charge < -0.3 is 9.47 Å². The van der Waals surface area contributed by atoms with Crippen molar-refractivity contribution < 1.29 is 14.3 Å². The first-order chi connectivity index (χ1) is 9.10. The van der Waals surface area contributed by atoms with Crippen LogP contribution in [0.5, 0.6) is 0 Å². The lowest BCUT2D eigenvalue weighted by Crippen LogP contribution is -2.35. The lowest BCUT2D eigenvalue weighted by atomic mass is 9.75. The Hall–Kier alpha value is -0.570. The normalized spacial score (nSPS) is 40.3. The molecule has 108 valence electrons. The Bertz CT molecular complexity index is 346. The number of carbonyl (C=O) groups excluding carboxylic acids is 1. The Kier molecular flexibility index (Phi) is 3.59. The topological polar surface area (TPSA) is 38.8 Å². The first-order valence-electron chi connectivity index (χ1n) is 7.93. The monoisotopic (exact) mass is 266 g/mol. The molecule has 0 N–H and O–H groups in total. The van der Waals surface area contributed by atoms with Crippen molar-refractivity contribution in [3.05, 3.63) is 0 Å². The molecule has 0 radical (unpaired) electrons. The third-order valence-corrected chi connectivity index (χ3v) is 5.58. The molecule has 3 fully saturated rings. The van der Waals surface area contributed by atoms with Gasteiger partial charge in [0.1, 0.15) is 0 Å². The van der Waals surface area contributed by atoms with Gasteiger partial charge in [-0.05, 0) is 44.4 Å². The standard InChI is InChI=1S/C16H26O3/c1-11-12(6-7-13-14(11)19-13)10-18-15(17)16(2)8-4-3-5-9-16/h11-14H,3-10H2,1-2H3. The summed E-state index contributed by atoms with van der Waals surface area (Å²) >= 11 is 0. The summed E-state index contributed by atoms with van der Waals surface area (Å²) in [5.74, 6) is 1.09. The molecule has 0 aromatic rings. The zero-order chi connectivity index (χ0) is 13.5. The molecule has 0 bridgehead atoms. The van der Waals surface area contributed by atoms with Crippen LogP contribution < -0.4 is 0 Å². The second-order valence-corrected chi connectivity index (χ2v) is 7.06. The number of esters is 1. The summed E-state index contributed by atoms with van der Waals surface area (Å²) < 4.78 is 11.3. The lowest BCUT2D eigenvalue weighted by molar-refractivity contribution is -0.159. The Labute approximate surface area is 116 Å². The van der Waals surface area contributed by atoms with Gasteiger partial charge in [-0.3, -0.25) is 4.79 Å². The van der Waals surface area contributed by atoms with Gasteiger partial charge >= 0.3 is 5.97 Å². The van der Waals surface area contributed by atoms with E-state index in [0.29, 0.717) is 30.7 Å². The first kappa shape index (κ1) is 13.4. The largest absolute Gasteiger partial charge is 0.465 e. The highest BCUT2D eigenvalue weighted by Crippen LogP contribution is 2.44. The van der Waals surface area contributed by atoms with Crippen LogP contribution in [0.2, 0.25) is 0 Å². The Morgan fingerprint density at radius 2 is 2.00 bits per heavy atom. The summed E-state index contributed by atoms with van der Waals surface area (Å²) in [6, 6.07) is 0. The predicted octanol–water partition coefficient (Wildman–Crippen LogP) is 3.31. The second-order valence-electron chi connectivity index (χ2n) is 7.06. The van der Waals surface area contributed by atoms with Crippen LogP contribution in [0.1, 0.15) is 58.8 Å². The second kappa shape index (κ2) is 5.08. The van der Waals surface area contributed by atoms with Crippen molar-refractivity contribution in [3.8, 4) is 0 Å². The highest BCUT2D eigenvalue weighted by molar-refractivity contribution is 5.76. The molecule has 3 nitrogen and oxygen atoms in total. The molecule has 1 heterocycles. The number of hydrogen-bond acceptors (Lipinski definition) is 3. The quantitative estimate of drug-likeness (QED) is 0.581. The van der Waals surface area contributed by atoms with Crippen molar-refractivity contribution >= 4 is 5.97 Å². The average molecular weight is 266 g/mol. The maximum absolute atomic E-state index is 12.3. The number of fused-ring (bicyclic) bond motifs is 1. The molecule has 0 aromatic heterocycles. The summed E-state index contributed by atoms with van der Waals surface area (Å²) in [6.45, 7) is 4.92. The van der Waals surface area contributed by atoms with Gasteiger partial charge in [0.15, 0.2) is 0 Å². The van der Waals surface area contributed by atoms with E-state index in [1.807, 2.05) is 0 Å². The number of carbonyl (C=O) groups is 1. The maximum atomic E-state index is 12.3. The molecule has 1 aliphatic heterocycles. The van der Waals surface area contributed by atoms with E-state index in [1.165, 1.54) is 19.3 Å². The van der Waals surface area contributed by atoms with E-state index in [9.17, 15) is 4.79 Å². The van der Waals surface area contributed by atoms with Crippen LogP contribution in [0.4, 0.5) is 0 Å². The van der Waals surface area contributed by atoms with Gasteiger partial charge in [-0.25, -0.2) is 0 Å². The zero-order valence-corrected chi connectivity index (χ0v) is 12.2. The molecule has 4 atom stereocenters. The molecular weight excluding hydrogens is 240 g/mol. The van der Waals surface area contributed by atoms with E-state index in [0.717, 1.165) is 25.7 Å². The van der Waals surface area contributed by atoms with Crippen LogP contribution >= 0.6 is 0 Å². The number of epoxide rings is 1. The zero-order valence-electron chi connectivity index (χ0n) is 12.2. The fourth-order valence-electron chi connectivity index (χ4n) is 3.89. The van der Waals surface area contributed by atoms with Gasteiger partial charge in [-0.1, -0.05) is 26.2 Å². The van der Waals surface area contributed by atoms with Gasteiger partial charge in [0.05, 0.1) is 24.2 Å². The molecule has 19 heavy (non-hydrogen) atoms. The minimum Gasteiger partial charge on any atom is -0.465 e. The van der Waals surface area contributed by atoms with Crippen molar-refractivity contribution in [1.82, 2.24) is 0 Å². The van der Waals surface area contributed by atoms with Crippen molar-refractivity contribution in [2.75, 3.05) is 6.61 Å². The van der Waals surface area contributed by atoms with Crippen LogP contribution in [0.25, 0.3) is 0 Å². The van der Waals surface area contributed by atoms with Gasteiger partial charge in [0.25, 0.3) is 0 Å². The molecule has 3 rings (SSSR count). The molecule has 4 unspecified atom stereocenters. The van der Waals surface area contributed by atoms with Gasteiger partial charge in [0.2, 0.25) is 0 Å². The fraction of sp³-hybridized carbons (Fsp3) is 0.938. The third-order valence-electron chi connectivity index (χ3n) is 5.58. The number of hydrogen-bond donors (Lipinski definition) is 0. The van der Waals surface area contributed by atoms with Gasteiger partial charge in [0, 0.05) is 0 Å². The molecule has 0 spiro atoms. The number of rotatable bonds is 3. The minimum atomic E-state index is -0.214. The Morgan fingerprint density at radius 3 is 2.74 bits per heavy atom. The fourth-order valence-corrected chi connectivity index (χ4v) is 3.89. The summed E-state index contributed by atoms with van der Waals surface area (Å²) in [7, 11) is 0. The maximum Gasteiger partial charge on any atom is 0.311 e. The smallest absolute Gasteiger partial charge is 0.311 e. The molecule has 3 aliphatic rings. The van der Waals surface area contributed by atoms with E-state index in [-0.39, 0.29) is 11.4 Å². The predicted molar refractivity (Wildman–Crippen MR) is 72.7 cm³/mol. The van der Waals surface area contributed by atoms with E-state index >= 15 is 0 Å².